The zero-order chi connectivity index (χ0) is 19.3. The van der Waals surface area contributed by atoms with E-state index in [1.54, 1.807) is 13.2 Å². The van der Waals surface area contributed by atoms with Gasteiger partial charge in [-0.3, -0.25) is 4.79 Å². The van der Waals surface area contributed by atoms with Gasteiger partial charge in [-0.1, -0.05) is 18.2 Å². The number of morpholine rings is 1. The van der Waals surface area contributed by atoms with E-state index in [1.165, 1.54) is 11.3 Å². The molecule has 1 amide bonds. The number of carbonyl (C=O) groups is 1. The Morgan fingerprint density at radius 3 is 3.04 bits per heavy atom. The van der Waals surface area contributed by atoms with Gasteiger partial charge in [-0.2, -0.15) is 0 Å². The Balaban J connectivity index is 1.47. The summed E-state index contributed by atoms with van der Waals surface area (Å²) < 4.78 is 16.7. The van der Waals surface area contributed by atoms with Crippen LogP contribution in [0.2, 0.25) is 0 Å². The minimum Gasteiger partial charge on any atom is -0.496 e. The van der Waals surface area contributed by atoms with Crippen LogP contribution >= 0.6 is 11.3 Å². The van der Waals surface area contributed by atoms with Gasteiger partial charge in [0.1, 0.15) is 5.75 Å². The maximum absolute atomic E-state index is 12.7. The van der Waals surface area contributed by atoms with Crippen LogP contribution in [0.4, 0.5) is 0 Å². The standard InChI is InChI=1S/C19H20N4O4S/c1-25-17-12(14-11-26-8-7-20-14)4-2-5-13(17)18(24)21-10-16-22-23-19(27-16)15-6-3-9-28-15/h2-6,9,14,20H,7-8,10-11H2,1H3,(H,21,24). The Labute approximate surface area is 165 Å². The van der Waals surface area contributed by atoms with E-state index >= 15 is 0 Å². The molecule has 3 aromatic rings. The number of methoxy groups -OCH3 is 1. The quantitative estimate of drug-likeness (QED) is 0.655. The van der Waals surface area contributed by atoms with E-state index in [4.69, 9.17) is 13.9 Å². The molecule has 2 aromatic heterocycles. The lowest BCUT2D eigenvalue weighted by atomic mass is 10.0. The number of nitrogens with zero attached hydrogens (tertiary/aromatic N) is 2. The van der Waals surface area contributed by atoms with E-state index in [9.17, 15) is 4.79 Å². The molecule has 1 aliphatic rings. The van der Waals surface area contributed by atoms with E-state index < -0.39 is 0 Å². The molecule has 1 aliphatic heterocycles. The summed E-state index contributed by atoms with van der Waals surface area (Å²) >= 11 is 1.51. The van der Waals surface area contributed by atoms with Gasteiger partial charge in [0.05, 0.1) is 43.4 Å². The first-order valence-corrected chi connectivity index (χ1v) is 9.76. The predicted molar refractivity (Wildman–Crippen MR) is 103 cm³/mol. The second-order valence-corrected chi connectivity index (χ2v) is 7.12. The lowest BCUT2D eigenvalue weighted by Gasteiger charge is -2.26. The molecule has 1 saturated heterocycles. The molecule has 1 aromatic carbocycles. The molecule has 1 atom stereocenters. The number of nitrogens with one attached hydrogen (secondary N) is 2. The molecule has 2 N–H and O–H groups in total. The summed E-state index contributed by atoms with van der Waals surface area (Å²) in [5.74, 6) is 1.05. The zero-order valence-electron chi connectivity index (χ0n) is 15.3. The maximum atomic E-state index is 12.7. The van der Waals surface area contributed by atoms with Crippen molar-refractivity contribution in [3.8, 4) is 16.5 Å². The maximum Gasteiger partial charge on any atom is 0.257 e. The van der Waals surface area contributed by atoms with E-state index in [0.29, 0.717) is 36.3 Å². The summed E-state index contributed by atoms with van der Waals surface area (Å²) in [5.41, 5.74) is 1.35. The number of hydrogen-bond donors (Lipinski definition) is 2. The smallest absolute Gasteiger partial charge is 0.257 e. The van der Waals surface area contributed by atoms with Gasteiger partial charge in [-0.25, -0.2) is 0 Å². The van der Waals surface area contributed by atoms with Crippen molar-refractivity contribution in [1.82, 2.24) is 20.8 Å². The van der Waals surface area contributed by atoms with Crippen LogP contribution in [-0.2, 0) is 11.3 Å². The SMILES string of the molecule is COc1c(C(=O)NCc2nnc(-c3cccs3)o2)cccc1C1COCCN1. The number of benzene rings is 1. The van der Waals surface area contributed by atoms with E-state index in [0.717, 1.165) is 17.0 Å². The summed E-state index contributed by atoms with van der Waals surface area (Å²) in [6.07, 6.45) is 0. The first-order valence-electron chi connectivity index (χ1n) is 8.88. The van der Waals surface area contributed by atoms with Crippen LogP contribution in [0.5, 0.6) is 5.75 Å². The summed E-state index contributed by atoms with van der Waals surface area (Å²) in [7, 11) is 1.56. The molecule has 146 valence electrons. The van der Waals surface area contributed by atoms with Crippen LogP contribution in [0.3, 0.4) is 0 Å². The van der Waals surface area contributed by atoms with Crippen molar-refractivity contribution in [2.45, 2.75) is 12.6 Å². The zero-order valence-corrected chi connectivity index (χ0v) is 16.1. The molecular formula is C19H20N4O4S. The number of rotatable bonds is 6. The number of para-hydroxylation sites is 1. The van der Waals surface area contributed by atoms with Crippen LogP contribution in [0.15, 0.2) is 40.1 Å². The number of thiophene rings is 1. The third kappa shape index (κ3) is 3.91. The van der Waals surface area contributed by atoms with Crippen molar-refractivity contribution in [3.05, 3.63) is 52.7 Å². The van der Waals surface area contributed by atoms with Crippen molar-refractivity contribution >= 4 is 17.2 Å². The molecule has 0 bridgehead atoms. The Bertz CT molecular complexity index is 935. The molecule has 3 heterocycles. The summed E-state index contributed by atoms with van der Waals surface area (Å²) in [4.78, 5) is 13.6. The highest BCUT2D eigenvalue weighted by Gasteiger charge is 2.23. The molecule has 4 rings (SSSR count). The van der Waals surface area contributed by atoms with Gasteiger partial charge in [0.15, 0.2) is 0 Å². The summed E-state index contributed by atoms with van der Waals surface area (Å²) in [5, 5.41) is 16.1. The minimum atomic E-state index is -0.272. The van der Waals surface area contributed by atoms with Gasteiger partial charge in [-0.05, 0) is 17.5 Å². The van der Waals surface area contributed by atoms with Crippen molar-refractivity contribution in [2.75, 3.05) is 26.9 Å². The average molecular weight is 400 g/mol. The largest absolute Gasteiger partial charge is 0.496 e. The van der Waals surface area contributed by atoms with Crippen LogP contribution in [0.1, 0.15) is 27.9 Å². The topological polar surface area (TPSA) is 98.5 Å². The molecule has 0 saturated carbocycles. The fourth-order valence-corrected chi connectivity index (χ4v) is 3.72. The highest BCUT2D eigenvalue weighted by Crippen LogP contribution is 2.30. The first kappa shape index (κ1) is 18.6. The number of amides is 1. The van der Waals surface area contributed by atoms with E-state index in [2.05, 4.69) is 20.8 Å². The number of carbonyl (C=O) groups excluding carboxylic acids is 1. The molecule has 1 unspecified atom stereocenters. The predicted octanol–water partition coefficient (Wildman–Crippen LogP) is 2.40. The Kier molecular flexibility index (Phi) is 5.65. The van der Waals surface area contributed by atoms with Gasteiger partial charge in [-0.15, -0.1) is 21.5 Å². The van der Waals surface area contributed by atoms with Gasteiger partial charge in [0.25, 0.3) is 11.8 Å². The molecule has 28 heavy (non-hydrogen) atoms. The third-order valence-corrected chi connectivity index (χ3v) is 5.25. The first-order chi connectivity index (χ1) is 13.8. The fourth-order valence-electron chi connectivity index (χ4n) is 3.08. The van der Waals surface area contributed by atoms with Crippen LogP contribution in [0.25, 0.3) is 10.8 Å². The van der Waals surface area contributed by atoms with Crippen LogP contribution in [0, 0.1) is 0 Å². The van der Waals surface area contributed by atoms with Crippen molar-refractivity contribution in [3.63, 3.8) is 0 Å². The summed E-state index contributed by atoms with van der Waals surface area (Å²) in [6.45, 7) is 2.11. The normalized spacial score (nSPS) is 16.7. The van der Waals surface area contributed by atoms with Gasteiger partial charge in [0.2, 0.25) is 5.89 Å². The van der Waals surface area contributed by atoms with Crippen molar-refractivity contribution in [2.24, 2.45) is 0 Å². The third-order valence-electron chi connectivity index (χ3n) is 4.39. The monoisotopic (exact) mass is 400 g/mol. The van der Waals surface area contributed by atoms with Gasteiger partial charge >= 0.3 is 0 Å². The van der Waals surface area contributed by atoms with Gasteiger partial charge < -0.3 is 24.5 Å². The molecule has 0 radical (unpaired) electrons. The second-order valence-electron chi connectivity index (χ2n) is 6.17. The molecular weight excluding hydrogens is 380 g/mol. The minimum absolute atomic E-state index is 0.0132. The molecule has 0 aliphatic carbocycles. The van der Waals surface area contributed by atoms with E-state index in [-0.39, 0.29) is 18.5 Å². The van der Waals surface area contributed by atoms with Crippen molar-refractivity contribution in [1.29, 1.82) is 0 Å². The highest BCUT2D eigenvalue weighted by molar-refractivity contribution is 7.13. The number of aromatic nitrogens is 2. The second kappa shape index (κ2) is 8.51. The van der Waals surface area contributed by atoms with Crippen LogP contribution < -0.4 is 15.4 Å². The molecule has 0 spiro atoms. The Hall–Kier alpha value is -2.75. The van der Waals surface area contributed by atoms with Crippen molar-refractivity contribution < 1.29 is 18.7 Å². The molecule has 1 fully saturated rings. The Morgan fingerprint density at radius 1 is 1.36 bits per heavy atom. The highest BCUT2D eigenvalue weighted by atomic mass is 32.1. The summed E-state index contributed by atoms with van der Waals surface area (Å²) in [6, 6.07) is 9.31. The lowest BCUT2D eigenvalue weighted by molar-refractivity contribution is 0.0759. The average Bonchev–Trinajstić information content (AvgIpc) is 3.44. The van der Waals surface area contributed by atoms with E-state index in [1.807, 2.05) is 29.6 Å². The van der Waals surface area contributed by atoms with Crippen LogP contribution in [-0.4, -0.2) is 43.0 Å². The molecule has 8 nitrogen and oxygen atoms in total. The molecule has 9 heteroatoms. The number of ether oxygens (including phenoxy) is 2. The number of hydrogen-bond acceptors (Lipinski definition) is 8. The fraction of sp³-hybridized carbons (Fsp3) is 0.316. The lowest BCUT2D eigenvalue weighted by Crippen LogP contribution is -2.35. The van der Waals surface area contributed by atoms with Gasteiger partial charge in [0, 0.05) is 12.1 Å². The Morgan fingerprint density at radius 2 is 2.29 bits per heavy atom.